The smallest absolute Gasteiger partial charge is 0.407 e. The van der Waals surface area contributed by atoms with Crippen molar-refractivity contribution in [2.24, 2.45) is 0 Å². The number of alkyl carbamates (subject to hydrolysis) is 1. The summed E-state index contributed by atoms with van der Waals surface area (Å²) in [4.78, 5) is 12.8. The molecule has 2 aromatic carbocycles. The highest BCUT2D eigenvalue weighted by Gasteiger charge is 2.53. The first kappa shape index (κ1) is 26.8. The number of ether oxygens (including phenoxy) is 4. The Balaban J connectivity index is 1.51. The maximum absolute atomic E-state index is 12.8. The molecule has 2 N–H and O–H groups in total. The SMILES string of the molecule is CC(C)(C)[Si](C)(C)O[C@@H]1OC2COC(c3ccccc3)O[C@H]2C(O)C1NC(=O)OCc1ccccc1. The maximum Gasteiger partial charge on any atom is 0.407 e. The van der Waals surface area contributed by atoms with Gasteiger partial charge in [0.05, 0.1) is 6.61 Å². The Morgan fingerprint density at radius 2 is 1.69 bits per heavy atom. The average Bonchev–Trinajstić information content (AvgIpc) is 2.85. The molecule has 0 saturated carbocycles. The van der Waals surface area contributed by atoms with Crippen molar-refractivity contribution in [2.75, 3.05) is 6.61 Å². The van der Waals surface area contributed by atoms with Crippen LogP contribution >= 0.6 is 0 Å². The van der Waals surface area contributed by atoms with Gasteiger partial charge in [-0.3, -0.25) is 0 Å². The second-order valence-electron chi connectivity index (χ2n) is 10.8. The highest BCUT2D eigenvalue weighted by atomic mass is 28.4. The van der Waals surface area contributed by atoms with E-state index in [9.17, 15) is 9.90 Å². The number of rotatable bonds is 6. The molecule has 0 bridgehead atoms. The van der Waals surface area contributed by atoms with E-state index in [1.165, 1.54) is 0 Å². The molecule has 2 saturated heterocycles. The van der Waals surface area contributed by atoms with E-state index in [4.69, 9.17) is 23.4 Å². The number of carbonyl (C=O) groups is 1. The molecule has 2 aliphatic heterocycles. The minimum atomic E-state index is -2.32. The largest absolute Gasteiger partial charge is 0.445 e. The predicted octanol–water partition coefficient (Wildman–Crippen LogP) is 4.50. The Labute approximate surface area is 214 Å². The molecular weight excluding hydrogens is 478 g/mol. The van der Waals surface area contributed by atoms with E-state index in [0.29, 0.717) is 0 Å². The van der Waals surface area contributed by atoms with Gasteiger partial charge in [-0.1, -0.05) is 81.4 Å². The number of aliphatic hydroxyl groups excluding tert-OH is 1. The second kappa shape index (κ2) is 11.0. The summed E-state index contributed by atoms with van der Waals surface area (Å²) in [6, 6.07) is 18.0. The van der Waals surface area contributed by atoms with E-state index in [1.807, 2.05) is 60.7 Å². The number of carbonyl (C=O) groups excluding carboxylic acids is 1. The molecule has 4 unspecified atom stereocenters. The zero-order valence-corrected chi connectivity index (χ0v) is 22.5. The van der Waals surface area contributed by atoms with Gasteiger partial charge in [-0.2, -0.15) is 0 Å². The van der Waals surface area contributed by atoms with Crippen LogP contribution < -0.4 is 5.32 Å². The molecule has 9 heteroatoms. The van der Waals surface area contributed by atoms with E-state index in [1.54, 1.807) is 0 Å². The summed E-state index contributed by atoms with van der Waals surface area (Å²) in [6.07, 6.45) is -4.56. The Morgan fingerprint density at radius 1 is 1.06 bits per heavy atom. The van der Waals surface area contributed by atoms with Crippen molar-refractivity contribution < 1.29 is 33.3 Å². The molecule has 196 valence electrons. The zero-order valence-electron chi connectivity index (χ0n) is 21.5. The van der Waals surface area contributed by atoms with Crippen molar-refractivity contribution in [2.45, 2.75) is 82.4 Å². The first-order valence-corrected chi connectivity index (χ1v) is 15.3. The van der Waals surface area contributed by atoms with Gasteiger partial charge in [0.25, 0.3) is 0 Å². The molecule has 6 atom stereocenters. The van der Waals surface area contributed by atoms with Crippen molar-refractivity contribution in [1.82, 2.24) is 5.32 Å². The van der Waals surface area contributed by atoms with Crippen molar-refractivity contribution in [3.8, 4) is 0 Å². The van der Waals surface area contributed by atoms with E-state index >= 15 is 0 Å². The molecule has 0 spiro atoms. The van der Waals surface area contributed by atoms with Gasteiger partial charge in [0.15, 0.2) is 20.9 Å². The number of aliphatic hydroxyl groups is 1. The van der Waals surface area contributed by atoms with E-state index in [-0.39, 0.29) is 18.3 Å². The highest BCUT2D eigenvalue weighted by Crippen LogP contribution is 2.40. The Morgan fingerprint density at radius 3 is 2.33 bits per heavy atom. The van der Waals surface area contributed by atoms with Gasteiger partial charge in [-0.15, -0.1) is 0 Å². The quantitative estimate of drug-likeness (QED) is 0.547. The summed E-state index contributed by atoms with van der Waals surface area (Å²) in [6.45, 7) is 10.9. The molecule has 8 nitrogen and oxygen atoms in total. The topological polar surface area (TPSA) is 95.5 Å². The van der Waals surface area contributed by atoms with Crippen molar-refractivity contribution in [3.05, 3.63) is 71.8 Å². The molecule has 36 heavy (non-hydrogen) atoms. The van der Waals surface area contributed by atoms with Gasteiger partial charge in [0, 0.05) is 5.56 Å². The van der Waals surface area contributed by atoms with Crippen LogP contribution in [0.3, 0.4) is 0 Å². The Hall–Kier alpha value is -2.27. The Kier molecular flexibility index (Phi) is 8.18. The van der Waals surface area contributed by atoms with Crippen LogP contribution in [0, 0.1) is 0 Å². The van der Waals surface area contributed by atoms with Crippen LogP contribution in [0.25, 0.3) is 0 Å². The highest BCUT2D eigenvalue weighted by molar-refractivity contribution is 6.74. The minimum absolute atomic E-state index is 0.103. The van der Waals surface area contributed by atoms with Gasteiger partial charge in [0.1, 0.15) is 31.0 Å². The summed E-state index contributed by atoms with van der Waals surface area (Å²) in [7, 11) is -2.32. The molecule has 2 fully saturated rings. The zero-order chi connectivity index (χ0) is 25.9. The van der Waals surface area contributed by atoms with E-state index in [0.717, 1.165) is 11.1 Å². The van der Waals surface area contributed by atoms with Crippen LogP contribution in [0.5, 0.6) is 0 Å². The summed E-state index contributed by atoms with van der Waals surface area (Å²) in [5, 5.41) is 14.1. The predicted molar refractivity (Wildman–Crippen MR) is 137 cm³/mol. The fourth-order valence-corrected chi connectivity index (χ4v) is 5.13. The lowest BCUT2D eigenvalue weighted by Gasteiger charge is -2.50. The molecular formula is C27H37NO7Si. The van der Waals surface area contributed by atoms with Gasteiger partial charge in [0.2, 0.25) is 0 Å². The molecule has 4 rings (SSSR count). The molecule has 0 aromatic heterocycles. The monoisotopic (exact) mass is 515 g/mol. The Bertz CT molecular complexity index is 998. The summed E-state index contributed by atoms with van der Waals surface area (Å²) in [5.74, 6) is 0. The van der Waals surface area contributed by atoms with Crippen LogP contribution in [0.4, 0.5) is 4.79 Å². The molecule has 0 aliphatic carbocycles. The van der Waals surface area contributed by atoms with Gasteiger partial charge in [-0.05, 0) is 23.7 Å². The number of hydrogen-bond acceptors (Lipinski definition) is 7. The lowest BCUT2D eigenvalue weighted by atomic mass is 9.96. The number of fused-ring (bicyclic) bond motifs is 1. The second-order valence-corrected chi connectivity index (χ2v) is 15.6. The van der Waals surface area contributed by atoms with Crippen LogP contribution in [-0.2, 0) is 30.0 Å². The number of benzene rings is 2. The number of amides is 1. The van der Waals surface area contributed by atoms with Crippen LogP contribution in [0.2, 0.25) is 18.1 Å². The van der Waals surface area contributed by atoms with Crippen molar-refractivity contribution in [1.29, 1.82) is 0 Å². The molecule has 2 heterocycles. The average molecular weight is 516 g/mol. The first-order chi connectivity index (χ1) is 17.0. The van der Waals surface area contributed by atoms with E-state index in [2.05, 4.69) is 39.2 Å². The van der Waals surface area contributed by atoms with Crippen LogP contribution in [0.15, 0.2) is 60.7 Å². The number of nitrogens with one attached hydrogen (secondary N) is 1. The lowest BCUT2D eigenvalue weighted by molar-refractivity contribution is -0.335. The third kappa shape index (κ3) is 6.16. The normalized spacial score (nSPS) is 28.7. The van der Waals surface area contributed by atoms with Crippen LogP contribution in [-0.4, -0.2) is 56.8 Å². The van der Waals surface area contributed by atoms with Gasteiger partial charge >= 0.3 is 6.09 Å². The summed E-state index contributed by atoms with van der Waals surface area (Å²) >= 11 is 0. The minimum Gasteiger partial charge on any atom is -0.445 e. The fraction of sp³-hybridized carbons (Fsp3) is 0.519. The van der Waals surface area contributed by atoms with Crippen LogP contribution in [0.1, 0.15) is 38.2 Å². The lowest BCUT2D eigenvalue weighted by Crippen LogP contribution is -2.68. The van der Waals surface area contributed by atoms with Gasteiger partial charge in [-0.25, -0.2) is 4.79 Å². The third-order valence-electron chi connectivity index (χ3n) is 7.15. The molecule has 2 aromatic rings. The standard InChI is InChI=1S/C27H37NO7Si/c1-27(2,3)36(4,5)35-25-21(28-26(30)32-16-18-12-8-6-9-13-18)22(29)23-20(33-25)17-31-24(34-23)19-14-10-7-11-15-19/h6-15,20-25,29H,16-17H2,1-5H3,(H,28,30)/t20?,21?,22?,23-,24?,25+/m1/s1. The third-order valence-corrected chi connectivity index (χ3v) is 11.6. The molecule has 2 aliphatic rings. The maximum atomic E-state index is 12.8. The van der Waals surface area contributed by atoms with E-state index < -0.39 is 51.3 Å². The fourth-order valence-electron chi connectivity index (χ4n) is 3.99. The summed E-state index contributed by atoms with van der Waals surface area (Å²) in [5.41, 5.74) is 1.70. The summed E-state index contributed by atoms with van der Waals surface area (Å²) < 4.78 is 30.3. The molecule has 1 amide bonds. The first-order valence-electron chi connectivity index (χ1n) is 12.4. The van der Waals surface area contributed by atoms with Gasteiger partial charge < -0.3 is 33.8 Å². The molecule has 0 radical (unpaired) electrons. The van der Waals surface area contributed by atoms with Crippen molar-refractivity contribution in [3.63, 3.8) is 0 Å². The van der Waals surface area contributed by atoms with Crippen molar-refractivity contribution >= 4 is 14.4 Å². The number of hydrogen-bond donors (Lipinski definition) is 2.